The third-order valence-electron chi connectivity index (χ3n) is 1.88. The molecule has 0 spiro atoms. The summed E-state index contributed by atoms with van der Waals surface area (Å²) in [6.45, 7) is 0.581. The van der Waals surface area contributed by atoms with Crippen LogP contribution in [0.2, 0.25) is 0 Å². The highest BCUT2D eigenvalue weighted by Crippen LogP contribution is 2.33. The van der Waals surface area contributed by atoms with Gasteiger partial charge in [-0.2, -0.15) is 0 Å². The number of rotatable bonds is 3. The number of benzene rings is 1. The van der Waals surface area contributed by atoms with E-state index in [4.69, 9.17) is 5.73 Å². The Morgan fingerprint density at radius 3 is 2.87 bits per heavy atom. The van der Waals surface area contributed by atoms with E-state index >= 15 is 0 Å². The van der Waals surface area contributed by atoms with Crippen LogP contribution in [-0.4, -0.2) is 0 Å². The van der Waals surface area contributed by atoms with Crippen LogP contribution in [0.5, 0.6) is 0 Å². The molecule has 0 radical (unpaired) electrons. The molecule has 1 nitrogen and oxygen atoms in total. The van der Waals surface area contributed by atoms with E-state index in [1.807, 2.05) is 0 Å². The molecule has 15 heavy (non-hydrogen) atoms. The zero-order valence-corrected chi connectivity index (χ0v) is 11.2. The Morgan fingerprint density at radius 2 is 2.20 bits per heavy atom. The third kappa shape index (κ3) is 3.08. The van der Waals surface area contributed by atoms with Gasteiger partial charge in [-0.15, -0.1) is 11.3 Å². The molecule has 2 N–H and O–H groups in total. The summed E-state index contributed by atoms with van der Waals surface area (Å²) in [5.74, 6) is 0. The lowest BCUT2D eigenvalue weighted by Gasteiger charge is -2.03. The van der Waals surface area contributed by atoms with Gasteiger partial charge in [0.1, 0.15) is 0 Å². The molecular formula is C11H10BrNS2. The molecule has 1 aromatic carbocycles. The van der Waals surface area contributed by atoms with E-state index < -0.39 is 0 Å². The lowest BCUT2D eigenvalue weighted by atomic mass is 10.2. The topological polar surface area (TPSA) is 26.0 Å². The molecule has 1 heterocycles. The van der Waals surface area contributed by atoms with Gasteiger partial charge >= 0.3 is 0 Å². The minimum Gasteiger partial charge on any atom is -0.326 e. The van der Waals surface area contributed by atoms with Crippen LogP contribution < -0.4 is 5.73 Å². The van der Waals surface area contributed by atoms with Gasteiger partial charge < -0.3 is 5.73 Å². The van der Waals surface area contributed by atoms with Gasteiger partial charge in [-0.3, -0.25) is 0 Å². The van der Waals surface area contributed by atoms with Crippen LogP contribution in [0.4, 0.5) is 0 Å². The SMILES string of the molecule is NCc1cc(Br)cc(Sc2cccs2)c1. The van der Waals surface area contributed by atoms with Gasteiger partial charge in [0.25, 0.3) is 0 Å². The molecule has 0 saturated heterocycles. The first-order valence-electron chi connectivity index (χ1n) is 4.49. The van der Waals surface area contributed by atoms with Crippen LogP contribution in [0.15, 0.2) is 49.3 Å². The normalized spacial score (nSPS) is 10.5. The van der Waals surface area contributed by atoms with E-state index in [0.29, 0.717) is 6.54 Å². The molecule has 0 amide bonds. The fourth-order valence-corrected chi connectivity index (χ4v) is 3.80. The second-order valence-electron chi connectivity index (χ2n) is 3.03. The highest BCUT2D eigenvalue weighted by molar-refractivity contribution is 9.10. The summed E-state index contributed by atoms with van der Waals surface area (Å²) < 4.78 is 2.39. The van der Waals surface area contributed by atoms with E-state index in [0.717, 1.165) is 10.0 Å². The summed E-state index contributed by atoms with van der Waals surface area (Å²) in [4.78, 5) is 1.23. The summed E-state index contributed by atoms with van der Waals surface area (Å²) in [6.07, 6.45) is 0. The van der Waals surface area contributed by atoms with E-state index in [2.05, 4.69) is 51.6 Å². The first-order chi connectivity index (χ1) is 7.28. The fourth-order valence-electron chi connectivity index (χ4n) is 1.24. The Morgan fingerprint density at radius 1 is 1.33 bits per heavy atom. The van der Waals surface area contributed by atoms with Crippen LogP contribution in [0, 0.1) is 0 Å². The summed E-state index contributed by atoms with van der Waals surface area (Å²) in [5, 5.41) is 2.09. The van der Waals surface area contributed by atoms with Gasteiger partial charge in [-0.1, -0.05) is 33.8 Å². The predicted molar refractivity (Wildman–Crippen MR) is 70.5 cm³/mol. The molecule has 0 saturated carbocycles. The molecule has 0 atom stereocenters. The van der Waals surface area contributed by atoms with Gasteiger partial charge in [-0.05, 0) is 35.2 Å². The van der Waals surface area contributed by atoms with E-state index in [1.165, 1.54) is 9.10 Å². The van der Waals surface area contributed by atoms with Gasteiger partial charge in [-0.25, -0.2) is 0 Å². The molecule has 78 valence electrons. The third-order valence-corrected chi connectivity index (χ3v) is 4.35. The van der Waals surface area contributed by atoms with Gasteiger partial charge in [0, 0.05) is 15.9 Å². The highest BCUT2D eigenvalue weighted by atomic mass is 79.9. The largest absolute Gasteiger partial charge is 0.326 e. The van der Waals surface area contributed by atoms with Gasteiger partial charge in [0.05, 0.1) is 4.21 Å². The van der Waals surface area contributed by atoms with E-state index in [9.17, 15) is 0 Å². The lowest BCUT2D eigenvalue weighted by Crippen LogP contribution is -1.95. The first-order valence-corrected chi connectivity index (χ1v) is 6.98. The molecule has 2 rings (SSSR count). The minimum atomic E-state index is 0.581. The fraction of sp³-hybridized carbons (Fsp3) is 0.0909. The number of nitrogens with two attached hydrogens (primary N) is 1. The van der Waals surface area contributed by atoms with Crippen molar-refractivity contribution in [2.45, 2.75) is 15.6 Å². The standard InChI is InChI=1S/C11H10BrNS2/c12-9-4-8(7-13)5-10(6-9)15-11-2-1-3-14-11/h1-6H,7,13H2. The van der Waals surface area contributed by atoms with Crippen molar-refractivity contribution in [1.82, 2.24) is 0 Å². The van der Waals surface area contributed by atoms with Crippen molar-refractivity contribution in [2.75, 3.05) is 0 Å². The highest BCUT2D eigenvalue weighted by Gasteiger charge is 2.01. The van der Waals surface area contributed by atoms with Crippen molar-refractivity contribution in [1.29, 1.82) is 0 Å². The average molecular weight is 300 g/mol. The summed E-state index contributed by atoms with van der Waals surface area (Å²) in [5.41, 5.74) is 6.79. The number of hydrogen-bond acceptors (Lipinski definition) is 3. The van der Waals surface area contributed by atoms with Crippen molar-refractivity contribution in [3.63, 3.8) is 0 Å². The molecule has 2 aromatic rings. The zero-order chi connectivity index (χ0) is 10.7. The average Bonchev–Trinajstić information content (AvgIpc) is 2.69. The van der Waals surface area contributed by atoms with Gasteiger partial charge in [0.2, 0.25) is 0 Å². The van der Waals surface area contributed by atoms with Crippen LogP contribution >= 0.6 is 39.0 Å². The van der Waals surface area contributed by atoms with Crippen molar-refractivity contribution < 1.29 is 0 Å². The molecule has 0 aliphatic rings. The maximum absolute atomic E-state index is 5.63. The Labute approximate surface area is 106 Å². The minimum absolute atomic E-state index is 0.581. The van der Waals surface area contributed by atoms with Gasteiger partial charge in [0.15, 0.2) is 0 Å². The number of thiophene rings is 1. The van der Waals surface area contributed by atoms with Crippen LogP contribution in [0.3, 0.4) is 0 Å². The Kier molecular flexibility index (Phi) is 3.86. The summed E-state index contributed by atoms with van der Waals surface area (Å²) >= 11 is 7.02. The predicted octanol–water partition coefficient (Wildman–Crippen LogP) is 4.12. The molecule has 0 bridgehead atoms. The van der Waals surface area contributed by atoms with Crippen molar-refractivity contribution in [3.8, 4) is 0 Å². The van der Waals surface area contributed by atoms with Crippen molar-refractivity contribution >= 4 is 39.0 Å². The Bertz CT molecular complexity index is 440. The molecule has 0 unspecified atom stereocenters. The van der Waals surface area contributed by atoms with Crippen LogP contribution in [-0.2, 0) is 6.54 Å². The lowest BCUT2D eigenvalue weighted by molar-refractivity contribution is 1.06. The van der Waals surface area contributed by atoms with E-state index in [-0.39, 0.29) is 0 Å². The number of halogens is 1. The molecule has 1 aromatic heterocycles. The molecule has 4 heteroatoms. The molecular weight excluding hydrogens is 290 g/mol. The smallest absolute Gasteiger partial charge is 0.0646 e. The molecule has 0 aliphatic heterocycles. The summed E-state index contributed by atoms with van der Waals surface area (Å²) in [7, 11) is 0. The van der Waals surface area contributed by atoms with Crippen molar-refractivity contribution in [3.05, 3.63) is 45.7 Å². The maximum atomic E-state index is 5.63. The Hall–Kier alpha value is -0.290. The van der Waals surface area contributed by atoms with E-state index in [1.54, 1.807) is 23.1 Å². The second-order valence-corrected chi connectivity index (χ2v) is 6.27. The van der Waals surface area contributed by atoms with Crippen molar-refractivity contribution in [2.24, 2.45) is 5.73 Å². The molecule has 0 aliphatic carbocycles. The zero-order valence-electron chi connectivity index (χ0n) is 7.94. The number of hydrogen-bond donors (Lipinski definition) is 1. The quantitative estimate of drug-likeness (QED) is 0.922. The maximum Gasteiger partial charge on any atom is 0.0646 e. The second kappa shape index (κ2) is 5.16. The van der Waals surface area contributed by atoms with Crippen LogP contribution in [0.25, 0.3) is 0 Å². The monoisotopic (exact) mass is 299 g/mol. The van der Waals surface area contributed by atoms with Crippen LogP contribution in [0.1, 0.15) is 5.56 Å². The Balaban J connectivity index is 2.24. The first kappa shape index (κ1) is 11.2. The summed E-state index contributed by atoms with van der Waals surface area (Å²) in [6, 6.07) is 10.5. The molecule has 0 fully saturated rings.